The van der Waals surface area contributed by atoms with Gasteiger partial charge in [0.25, 0.3) is 0 Å². The van der Waals surface area contributed by atoms with Crippen molar-refractivity contribution in [2.24, 2.45) is 0 Å². The molecule has 2 N–H and O–H groups in total. The predicted octanol–water partition coefficient (Wildman–Crippen LogP) is 2.97. The van der Waals surface area contributed by atoms with E-state index in [0.717, 1.165) is 31.7 Å². The van der Waals surface area contributed by atoms with Gasteiger partial charge in [0.1, 0.15) is 0 Å². The molecule has 0 aliphatic carbocycles. The first kappa shape index (κ1) is 14.1. The van der Waals surface area contributed by atoms with Gasteiger partial charge in [-0.15, -0.1) is 0 Å². The molecule has 1 aliphatic heterocycles. The summed E-state index contributed by atoms with van der Waals surface area (Å²) in [6.07, 6.45) is 1.05. The molecule has 0 bridgehead atoms. The van der Waals surface area contributed by atoms with Crippen LogP contribution in [0.3, 0.4) is 0 Å². The highest BCUT2D eigenvalue weighted by atomic mass is 16.5. The smallest absolute Gasteiger partial charge is 0.0713 e. The van der Waals surface area contributed by atoms with E-state index in [4.69, 9.17) is 10.5 Å². The number of rotatable bonds is 4. The minimum atomic E-state index is 0.677. The fraction of sp³-hybridized carbons (Fsp3) is 0.333. The molecule has 3 heteroatoms. The number of nitrogen functional groups attached to an aromatic ring is 1. The third-order valence-electron chi connectivity index (χ3n) is 4.12. The van der Waals surface area contributed by atoms with E-state index in [-0.39, 0.29) is 0 Å². The van der Waals surface area contributed by atoms with Gasteiger partial charge in [-0.3, -0.25) is 4.90 Å². The molecule has 0 saturated heterocycles. The van der Waals surface area contributed by atoms with Crippen molar-refractivity contribution in [3.05, 3.63) is 64.7 Å². The molecule has 2 aromatic rings. The third-order valence-corrected chi connectivity index (χ3v) is 4.12. The van der Waals surface area contributed by atoms with Crippen LogP contribution >= 0.6 is 0 Å². The largest absolute Gasteiger partial charge is 0.398 e. The molecule has 21 heavy (non-hydrogen) atoms. The first-order valence-electron chi connectivity index (χ1n) is 7.41. The van der Waals surface area contributed by atoms with Crippen LogP contribution in [0.1, 0.15) is 22.3 Å². The van der Waals surface area contributed by atoms with Gasteiger partial charge in [-0.2, -0.15) is 0 Å². The Labute approximate surface area is 126 Å². The molecule has 2 aromatic carbocycles. The predicted molar refractivity (Wildman–Crippen MR) is 85.8 cm³/mol. The quantitative estimate of drug-likeness (QED) is 0.876. The van der Waals surface area contributed by atoms with Gasteiger partial charge >= 0.3 is 0 Å². The summed E-state index contributed by atoms with van der Waals surface area (Å²) in [6, 6.07) is 14.9. The Balaban J connectivity index is 1.67. The standard InChI is InChI=1S/C18H22N2O/c1-21-13-15-7-5-14(6-8-15)11-20-10-9-17-16(12-20)3-2-4-18(17)19/h2-8H,9-13,19H2,1H3. The van der Waals surface area contributed by atoms with Gasteiger partial charge in [0.05, 0.1) is 6.61 Å². The average molecular weight is 282 g/mol. The lowest BCUT2D eigenvalue weighted by atomic mass is 9.97. The zero-order chi connectivity index (χ0) is 14.7. The van der Waals surface area contributed by atoms with Crippen LogP contribution < -0.4 is 5.73 Å². The van der Waals surface area contributed by atoms with E-state index in [1.54, 1.807) is 7.11 Å². The molecule has 0 radical (unpaired) electrons. The molecule has 3 rings (SSSR count). The maximum Gasteiger partial charge on any atom is 0.0713 e. The van der Waals surface area contributed by atoms with Crippen molar-refractivity contribution in [2.75, 3.05) is 19.4 Å². The number of nitrogens with zero attached hydrogens (tertiary/aromatic N) is 1. The van der Waals surface area contributed by atoms with Gasteiger partial charge in [0.15, 0.2) is 0 Å². The molecule has 0 saturated carbocycles. The number of fused-ring (bicyclic) bond motifs is 1. The normalized spacial score (nSPS) is 14.9. The summed E-state index contributed by atoms with van der Waals surface area (Å²) in [5.41, 5.74) is 12.3. The number of anilines is 1. The molecule has 0 unspecified atom stereocenters. The Morgan fingerprint density at radius 2 is 1.86 bits per heavy atom. The summed E-state index contributed by atoms with van der Waals surface area (Å²) in [6.45, 7) is 3.72. The zero-order valence-electron chi connectivity index (χ0n) is 12.5. The molecule has 0 atom stereocenters. The minimum Gasteiger partial charge on any atom is -0.398 e. The van der Waals surface area contributed by atoms with E-state index in [1.807, 2.05) is 6.07 Å². The Bertz CT molecular complexity index is 607. The van der Waals surface area contributed by atoms with Crippen molar-refractivity contribution in [1.29, 1.82) is 0 Å². The van der Waals surface area contributed by atoms with Gasteiger partial charge in [-0.05, 0) is 34.7 Å². The van der Waals surface area contributed by atoms with Gasteiger partial charge in [0.2, 0.25) is 0 Å². The first-order valence-corrected chi connectivity index (χ1v) is 7.41. The highest BCUT2D eigenvalue weighted by Crippen LogP contribution is 2.25. The maximum atomic E-state index is 6.05. The SMILES string of the molecule is COCc1ccc(CN2CCc3c(N)cccc3C2)cc1. The first-order chi connectivity index (χ1) is 10.3. The van der Waals surface area contributed by atoms with Gasteiger partial charge < -0.3 is 10.5 Å². The highest BCUT2D eigenvalue weighted by Gasteiger charge is 2.17. The fourth-order valence-corrected chi connectivity index (χ4v) is 3.00. The maximum absolute atomic E-state index is 6.05. The van der Waals surface area contributed by atoms with Crippen molar-refractivity contribution in [1.82, 2.24) is 4.90 Å². The molecular weight excluding hydrogens is 260 g/mol. The monoisotopic (exact) mass is 282 g/mol. The molecular formula is C18H22N2O. The molecule has 1 aliphatic rings. The van der Waals surface area contributed by atoms with Crippen molar-refractivity contribution >= 4 is 5.69 Å². The number of hydrogen-bond donors (Lipinski definition) is 1. The van der Waals surface area contributed by atoms with E-state index in [0.29, 0.717) is 6.61 Å². The van der Waals surface area contributed by atoms with Crippen LogP contribution in [0.4, 0.5) is 5.69 Å². The van der Waals surface area contributed by atoms with E-state index in [2.05, 4.69) is 41.3 Å². The van der Waals surface area contributed by atoms with E-state index >= 15 is 0 Å². The minimum absolute atomic E-state index is 0.677. The van der Waals surface area contributed by atoms with Crippen molar-refractivity contribution < 1.29 is 4.74 Å². The second-order valence-corrected chi connectivity index (χ2v) is 5.70. The van der Waals surface area contributed by atoms with Crippen LogP contribution in [0.5, 0.6) is 0 Å². The number of benzene rings is 2. The van der Waals surface area contributed by atoms with E-state index in [9.17, 15) is 0 Å². The Morgan fingerprint density at radius 1 is 1.10 bits per heavy atom. The van der Waals surface area contributed by atoms with E-state index in [1.165, 1.54) is 22.3 Å². The van der Waals surface area contributed by atoms with Crippen LogP contribution in [0.2, 0.25) is 0 Å². The lowest BCUT2D eigenvalue weighted by molar-refractivity contribution is 0.185. The average Bonchev–Trinajstić information content (AvgIpc) is 2.50. The van der Waals surface area contributed by atoms with Crippen molar-refractivity contribution in [3.8, 4) is 0 Å². The van der Waals surface area contributed by atoms with Crippen LogP contribution in [0.15, 0.2) is 42.5 Å². The van der Waals surface area contributed by atoms with Crippen LogP contribution in [-0.4, -0.2) is 18.6 Å². The molecule has 0 spiro atoms. The molecule has 3 nitrogen and oxygen atoms in total. The summed E-state index contributed by atoms with van der Waals surface area (Å²) in [7, 11) is 1.73. The number of hydrogen-bond acceptors (Lipinski definition) is 3. The van der Waals surface area contributed by atoms with Crippen LogP contribution in [0.25, 0.3) is 0 Å². The zero-order valence-corrected chi connectivity index (χ0v) is 12.5. The summed E-state index contributed by atoms with van der Waals surface area (Å²) in [5, 5.41) is 0. The lowest BCUT2D eigenvalue weighted by Gasteiger charge is -2.29. The Kier molecular flexibility index (Phi) is 4.23. The van der Waals surface area contributed by atoms with Gasteiger partial charge in [-0.25, -0.2) is 0 Å². The molecule has 0 fully saturated rings. The van der Waals surface area contributed by atoms with E-state index < -0.39 is 0 Å². The van der Waals surface area contributed by atoms with Gasteiger partial charge in [-0.1, -0.05) is 36.4 Å². The number of methoxy groups -OCH3 is 1. The number of ether oxygens (including phenoxy) is 1. The van der Waals surface area contributed by atoms with Crippen LogP contribution in [0, 0.1) is 0 Å². The second-order valence-electron chi connectivity index (χ2n) is 5.70. The number of nitrogens with two attached hydrogens (primary N) is 1. The molecule has 110 valence electrons. The van der Waals surface area contributed by atoms with Crippen molar-refractivity contribution in [3.63, 3.8) is 0 Å². The topological polar surface area (TPSA) is 38.5 Å². The van der Waals surface area contributed by atoms with Crippen LogP contribution in [-0.2, 0) is 30.9 Å². The summed E-state index contributed by atoms with van der Waals surface area (Å²) >= 11 is 0. The molecule has 0 amide bonds. The summed E-state index contributed by atoms with van der Waals surface area (Å²) in [4.78, 5) is 2.48. The molecule has 0 aromatic heterocycles. The third kappa shape index (κ3) is 3.26. The van der Waals surface area contributed by atoms with Gasteiger partial charge in [0, 0.05) is 32.4 Å². The highest BCUT2D eigenvalue weighted by molar-refractivity contribution is 5.51. The summed E-state index contributed by atoms with van der Waals surface area (Å²) in [5.74, 6) is 0. The molecule has 1 heterocycles. The fourth-order valence-electron chi connectivity index (χ4n) is 3.00. The lowest BCUT2D eigenvalue weighted by Crippen LogP contribution is -2.30. The Morgan fingerprint density at radius 3 is 2.62 bits per heavy atom. The summed E-state index contributed by atoms with van der Waals surface area (Å²) < 4.78 is 5.15. The second kappa shape index (κ2) is 6.29. The Hall–Kier alpha value is -1.84. The van der Waals surface area contributed by atoms with Crippen molar-refractivity contribution in [2.45, 2.75) is 26.1 Å².